The Balaban J connectivity index is 1.60. The molecule has 7 nitrogen and oxygen atoms in total. The van der Waals surface area contributed by atoms with E-state index in [4.69, 9.17) is 4.74 Å². The van der Waals surface area contributed by atoms with Crippen LogP contribution in [0.3, 0.4) is 0 Å². The van der Waals surface area contributed by atoms with Crippen LogP contribution in [0.4, 0.5) is 5.69 Å². The Hall–Kier alpha value is -2.57. The van der Waals surface area contributed by atoms with Crippen LogP contribution < -0.4 is 9.64 Å². The lowest BCUT2D eigenvalue weighted by Crippen LogP contribution is -2.51. The van der Waals surface area contributed by atoms with Gasteiger partial charge in [0.05, 0.1) is 5.69 Å². The molecule has 7 heteroatoms. The fourth-order valence-corrected chi connectivity index (χ4v) is 3.23. The van der Waals surface area contributed by atoms with E-state index in [1.165, 1.54) is 0 Å². The smallest absolute Gasteiger partial charge is 0.267 e. The summed E-state index contributed by atoms with van der Waals surface area (Å²) >= 11 is 0. The Morgan fingerprint density at radius 2 is 1.76 bits per heavy atom. The summed E-state index contributed by atoms with van der Waals surface area (Å²) in [5.74, 6) is 0.578. The number of benzene rings is 1. The van der Waals surface area contributed by atoms with Gasteiger partial charge < -0.3 is 19.4 Å². The molecule has 0 aromatic heterocycles. The summed E-state index contributed by atoms with van der Waals surface area (Å²) in [6.07, 6.45) is -0.295. The number of nitrogens with zero attached hydrogens (tertiary/aromatic N) is 3. The molecule has 1 unspecified atom stereocenters. The van der Waals surface area contributed by atoms with Crippen molar-refractivity contribution in [2.24, 2.45) is 0 Å². The highest BCUT2D eigenvalue weighted by Gasteiger charge is 2.32. The van der Waals surface area contributed by atoms with Crippen LogP contribution >= 0.6 is 0 Å². The van der Waals surface area contributed by atoms with Crippen LogP contribution in [0.5, 0.6) is 5.75 Å². The molecule has 2 aliphatic rings. The fourth-order valence-electron chi connectivity index (χ4n) is 3.23. The largest absolute Gasteiger partial charge is 0.479 e. The predicted molar refractivity (Wildman–Crippen MR) is 92.3 cm³/mol. The number of piperazine rings is 1. The number of ether oxygens (including phenoxy) is 1. The zero-order valence-corrected chi connectivity index (χ0v) is 14.6. The second kappa shape index (κ2) is 7.13. The quantitative estimate of drug-likeness (QED) is 0.815. The van der Waals surface area contributed by atoms with Gasteiger partial charge in [-0.2, -0.15) is 0 Å². The molecule has 25 heavy (non-hydrogen) atoms. The van der Waals surface area contributed by atoms with Gasteiger partial charge in [0.2, 0.25) is 11.8 Å². The Kier molecular flexibility index (Phi) is 4.92. The Morgan fingerprint density at radius 3 is 2.44 bits per heavy atom. The monoisotopic (exact) mass is 345 g/mol. The molecule has 1 atom stereocenters. The van der Waals surface area contributed by atoms with Gasteiger partial charge in [-0.3, -0.25) is 14.4 Å². The van der Waals surface area contributed by atoms with Crippen molar-refractivity contribution in [1.29, 1.82) is 0 Å². The third kappa shape index (κ3) is 3.60. The summed E-state index contributed by atoms with van der Waals surface area (Å²) in [6, 6.07) is 7.36. The zero-order chi connectivity index (χ0) is 18.0. The predicted octanol–water partition coefficient (Wildman–Crippen LogP) is 0.881. The maximum atomic E-state index is 12.5. The first-order chi connectivity index (χ1) is 12.0. The van der Waals surface area contributed by atoms with Crippen molar-refractivity contribution in [3.05, 3.63) is 24.3 Å². The summed E-state index contributed by atoms with van der Waals surface area (Å²) < 4.78 is 5.61. The van der Waals surface area contributed by atoms with Gasteiger partial charge in [-0.1, -0.05) is 12.1 Å². The van der Waals surface area contributed by atoms with Crippen LogP contribution in [0.25, 0.3) is 0 Å². The van der Waals surface area contributed by atoms with Crippen molar-refractivity contribution >= 4 is 23.4 Å². The van der Waals surface area contributed by atoms with Crippen LogP contribution in [0.15, 0.2) is 24.3 Å². The van der Waals surface area contributed by atoms with Crippen molar-refractivity contribution in [3.63, 3.8) is 0 Å². The van der Waals surface area contributed by atoms with Crippen molar-refractivity contribution in [3.8, 4) is 5.75 Å². The van der Waals surface area contributed by atoms with E-state index in [2.05, 4.69) is 0 Å². The standard InChI is InChI=1S/C18H23N3O4/c1-13-18(24)21(15-5-3-4-6-16(15)25-13)8-7-17(23)20-11-9-19(10-12-20)14(2)22/h3-6,13H,7-12H2,1-2H3. The van der Waals surface area contributed by atoms with E-state index >= 15 is 0 Å². The zero-order valence-electron chi connectivity index (χ0n) is 14.6. The summed E-state index contributed by atoms with van der Waals surface area (Å²) in [6.45, 7) is 5.81. The SMILES string of the molecule is CC(=O)N1CCN(C(=O)CCN2C(=O)C(C)Oc3ccccc32)CC1. The van der Waals surface area contributed by atoms with Gasteiger partial charge in [0.25, 0.3) is 5.91 Å². The number of carbonyl (C=O) groups excluding carboxylic acids is 3. The van der Waals surface area contributed by atoms with Crippen molar-refractivity contribution in [1.82, 2.24) is 9.80 Å². The molecule has 1 aromatic rings. The van der Waals surface area contributed by atoms with Gasteiger partial charge in [-0.05, 0) is 19.1 Å². The maximum absolute atomic E-state index is 12.5. The number of para-hydroxylation sites is 2. The maximum Gasteiger partial charge on any atom is 0.267 e. The first-order valence-electron chi connectivity index (χ1n) is 8.57. The van der Waals surface area contributed by atoms with Crippen LogP contribution in [0.2, 0.25) is 0 Å². The molecule has 134 valence electrons. The van der Waals surface area contributed by atoms with Crippen LogP contribution in [0.1, 0.15) is 20.3 Å². The number of rotatable bonds is 3. The summed E-state index contributed by atoms with van der Waals surface area (Å²) in [5.41, 5.74) is 0.708. The van der Waals surface area contributed by atoms with Crippen LogP contribution in [-0.4, -0.2) is 66.3 Å². The molecule has 3 amide bonds. The van der Waals surface area contributed by atoms with Gasteiger partial charge in [0, 0.05) is 46.1 Å². The molecule has 0 bridgehead atoms. The van der Waals surface area contributed by atoms with E-state index in [0.717, 1.165) is 0 Å². The average Bonchev–Trinajstić information content (AvgIpc) is 2.62. The van der Waals surface area contributed by atoms with E-state index in [1.54, 1.807) is 28.5 Å². The summed E-state index contributed by atoms with van der Waals surface area (Å²) in [7, 11) is 0. The molecule has 1 aromatic carbocycles. The minimum Gasteiger partial charge on any atom is -0.479 e. The number of amides is 3. The third-order valence-electron chi connectivity index (χ3n) is 4.70. The average molecular weight is 345 g/mol. The second-order valence-electron chi connectivity index (χ2n) is 6.35. The fraction of sp³-hybridized carbons (Fsp3) is 0.500. The molecule has 0 N–H and O–H groups in total. The van der Waals surface area contributed by atoms with E-state index in [9.17, 15) is 14.4 Å². The number of hydrogen-bond donors (Lipinski definition) is 0. The molecule has 1 fully saturated rings. The van der Waals surface area contributed by atoms with E-state index < -0.39 is 6.10 Å². The molecule has 1 saturated heterocycles. The summed E-state index contributed by atoms with van der Waals surface area (Å²) in [5, 5.41) is 0. The van der Waals surface area contributed by atoms with E-state index in [0.29, 0.717) is 44.2 Å². The van der Waals surface area contributed by atoms with Crippen molar-refractivity contribution < 1.29 is 19.1 Å². The van der Waals surface area contributed by atoms with E-state index in [-0.39, 0.29) is 24.1 Å². The normalized spacial score (nSPS) is 20.2. The molecular weight excluding hydrogens is 322 g/mol. The molecule has 3 rings (SSSR count). The van der Waals surface area contributed by atoms with Gasteiger partial charge >= 0.3 is 0 Å². The molecule has 2 heterocycles. The van der Waals surface area contributed by atoms with Gasteiger partial charge in [0.1, 0.15) is 5.75 Å². The number of carbonyl (C=O) groups is 3. The lowest BCUT2D eigenvalue weighted by atomic mass is 10.1. The first-order valence-corrected chi connectivity index (χ1v) is 8.57. The van der Waals surface area contributed by atoms with Crippen LogP contribution in [-0.2, 0) is 14.4 Å². The molecule has 0 saturated carbocycles. The number of anilines is 1. The highest BCUT2D eigenvalue weighted by molar-refractivity contribution is 6.00. The van der Waals surface area contributed by atoms with Gasteiger partial charge in [-0.15, -0.1) is 0 Å². The van der Waals surface area contributed by atoms with Gasteiger partial charge in [-0.25, -0.2) is 0 Å². The highest BCUT2D eigenvalue weighted by Crippen LogP contribution is 2.33. The van der Waals surface area contributed by atoms with Crippen molar-refractivity contribution in [2.45, 2.75) is 26.4 Å². The highest BCUT2D eigenvalue weighted by atomic mass is 16.5. The Bertz CT molecular complexity index is 683. The summed E-state index contributed by atoms with van der Waals surface area (Å²) in [4.78, 5) is 41.4. The number of fused-ring (bicyclic) bond motifs is 1. The Labute approximate surface area is 147 Å². The molecular formula is C18H23N3O4. The van der Waals surface area contributed by atoms with Crippen molar-refractivity contribution in [2.75, 3.05) is 37.6 Å². The Morgan fingerprint density at radius 1 is 1.12 bits per heavy atom. The molecule has 0 aliphatic carbocycles. The third-order valence-corrected chi connectivity index (χ3v) is 4.70. The minimum atomic E-state index is -0.552. The van der Waals surface area contributed by atoms with Crippen LogP contribution in [0, 0.1) is 0 Å². The molecule has 2 aliphatic heterocycles. The first kappa shape index (κ1) is 17.3. The molecule has 0 radical (unpaired) electrons. The lowest BCUT2D eigenvalue weighted by molar-refractivity contribution is -0.138. The molecule has 0 spiro atoms. The second-order valence-corrected chi connectivity index (χ2v) is 6.35. The lowest BCUT2D eigenvalue weighted by Gasteiger charge is -2.36. The minimum absolute atomic E-state index is 0.00706. The number of hydrogen-bond acceptors (Lipinski definition) is 4. The van der Waals surface area contributed by atoms with E-state index in [1.807, 2.05) is 24.3 Å². The topological polar surface area (TPSA) is 70.2 Å². The van der Waals surface area contributed by atoms with Gasteiger partial charge in [0.15, 0.2) is 6.10 Å².